The molecule has 0 atom stereocenters. The Bertz CT molecular complexity index is 408. The predicted octanol–water partition coefficient (Wildman–Crippen LogP) is 5.24. The molecule has 0 saturated heterocycles. The van der Waals surface area contributed by atoms with E-state index in [-0.39, 0.29) is 12.5 Å². The maximum atomic E-state index is 11.3. The normalized spacial score (nSPS) is 12.2. The topological polar surface area (TPSA) is 49.3 Å². The van der Waals surface area contributed by atoms with Crippen LogP contribution in [0, 0.1) is 0 Å². The van der Waals surface area contributed by atoms with Crippen LogP contribution >= 0.6 is 0 Å². The van der Waals surface area contributed by atoms with Gasteiger partial charge in [-0.2, -0.15) is 0 Å². The molecule has 0 aromatic rings. The number of hydrogen-bond donors (Lipinski definition) is 2. The Morgan fingerprint density at radius 1 is 0.800 bits per heavy atom. The van der Waals surface area contributed by atoms with Gasteiger partial charge in [-0.3, -0.25) is 4.79 Å². The number of hydrogen-bond acceptors (Lipinski definition) is 2. The Hall–Kier alpha value is -1.61. The van der Waals surface area contributed by atoms with Gasteiger partial charge in [0.15, 0.2) is 0 Å². The summed E-state index contributed by atoms with van der Waals surface area (Å²) in [7, 11) is 0. The van der Waals surface area contributed by atoms with Crippen molar-refractivity contribution in [2.45, 2.75) is 71.1 Å². The molecule has 0 aliphatic heterocycles. The molecule has 0 spiro atoms. The summed E-state index contributed by atoms with van der Waals surface area (Å²) in [4.78, 5) is 11.3. The van der Waals surface area contributed by atoms with Gasteiger partial charge in [0.25, 0.3) is 0 Å². The summed E-state index contributed by atoms with van der Waals surface area (Å²) in [5, 5.41) is 11.3. The number of nitrogens with one attached hydrogen (secondary N) is 1. The summed E-state index contributed by atoms with van der Waals surface area (Å²) in [6.45, 7) is 2.53. The van der Waals surface area contributed by atoms with Crippen LogP contribution in [0.15, 0.2) is 48.6 Å². The first-order chi connectivity index (χ1) is 12.3. The average molecular weight is 348 g/mol. The molecular formula is C22H37NO2. The van der Waals surface area contributed by atoms with Crippen LogP contribution in [-0.4, -0.2) is 24.2 Å². The molecule has 0 bridgehead atoms. The van der Waals surface area contributed by atoms with Gasteiger partial charge in [0, 0.05) is 13.0 Å². The highest BCUT2D eigenvalue weighted by atomic mass is 16.3. The lowest BCUT2D eigenvalue weighted by Gasteiger charge is -2.02. The van der Waals surface area contributed by atoms with Crippen molar-refractivity contribution in [2.24, 2.45) is 0 Å². The molecule has 0 aromatic carbocycles. The molecule has 0 radical (unpaired) electrons. The van der Waals surface area contributed by atoms with Gasteiger partial charge in [0.05, 0.1) is 6.61 Å². The SMILES string of the molecule is CC/C=C\C/C=C\C/C=C\C/C=C\CCCCCCC(=O)NCCO. The van der Waals surface area contributed by atoms with E-state index in [0.717, 1.165) is 44.9 Å². The third kappa shape index (κ3) is 20.3. The van der Waals surface area contributed by atoms with Crippen LogP contribution in [0.4, 0.5) is 0 Å². The highest BCUT2D eigenvalue weighted by Gasteiger charge is 1.98. The van der Waals surface area contributed by atoms with E-state index in [9.17, 15) is 4.79 Å². The van der Waals surface area contributed by atoms with Crippen molar-refractivity contribution in [2.75, 3.05) is 13.2 Å². The minimum Gasteiger partial charge on any atom is -0.395 e. The molecule has 0 aliphatic carbocycles. The van der Waals surface area contributed by atoms with Crippen LogP contribution in [0.1, 0.15) is 71.1 Å². The summed E-state index contributed by atoms with van der Waals surface area (Å²) in [5.41, 5.74) is 0. The Morgan fingerprint density at radius 3 is 1.96 bits per heavy atom. The molecule has 1 amide bonds. The first-order valence-electron chi connectivity index (χ1n) is 9.78. The summed E-state index contributed by atoms with van der Waals surface area (Å²) in [6, 6.07) is 0. The molecule has 0 unspecified atom stereocenters. The minimum atomic E-state index is 0.0145. The highest BCUT2D eigenvalue weighted by Crippen LogP contribution is 2.06. The number of aliphatic hydroxyl groups excluding tert-OH is 1. The van der Waals surface area contributed by atoms with Gasteiger partial charge in [-0.1, -0.05) is 68.4 Å². The molecule has 0 saturated carbocycles. The van der Waals surface area contributed by atoms with E-state index in [1.807, 2.05) is 0 Å². The van der Waals surface area contributed by atoms with Gasteiger partial charge in [-0.05, 0) is 44.9 Å². The van der Waals surface area contributed by atoms with Crippen molar-refractivity contribution in [1.29, 1.82) is 0 Å². The second kappa shape index (κ2) is 20.4. The number of amides is 1. The van der Waals surface area contributed by atoms with Crippen LogP contribution < -0.4 is 5.32 Å². The van der Waals surface area contributed by atoms with Crippen molar-refractivity contribution < 1.29 is 9.90 Å². The van der Waals surface area contributed by atoms with Gasteiger partial charge in [0.2, 0.25) is 5.91 Å². The maximum Gasteiger partial charge on any atom is 0.220 e. The van der Waals surface area contributed by atoms with Gasteiger partial charge < -0.3 is 10.4 Å². The molecule has 25 heavy (non-hydrogen) atoms. The number of aliphatic hydroxyl groups is 1. The first-order valence-corrected chi connectivity index (χ1v) is 9.78. The smallest absolute Gasteiger partial charge is 0.220 e. The highest BCUT2D eigenvalue weighted by molar-refractivity contribution is 5.75. The first kappa shape index (κ1) is 23.4. The molecular weight excluding hydrogens is 310 g/mol. The van der Waals surface area contributed by atoms with Gasteiger partial charge in [0.1, 0.15) is 0 Å². The maximum absolute atomic E-state index is 11.3. The van der Waals surface area contributed by atoms with Crippen LogP contribution in [0.5, 0.6) is 0 Å². The molecule has 3 nitrogen and oxygen atoms in total. The van der Waals surface area contributed by atoms with Crippen molar-refractivity contribution >= 4 is 5.91 Å². The fourth-order valence-corrected chi connectivity index (χ4v) is 2.28. The van der Waals surface area contributed by atoms with E-state index in [1.54, 1.807) is 0 Å². The Balaban J connectivity index is 3.36. The number of carbonyl (C=O) groups excluding carboxylic acids is 1. The summed E-state index contributed by atoms with van der Waals surface area (Å²) in [6.07, 6.45) is 28.0. The zero-order chi connectivity index (χ0) is 18.4. The van der Waals surface area contributed by atoms with E-state index in [4.69, 9.17) is 5.11 Å². The van der Waals surface area contributed by atoms with E-state index >= 15 is 0 Å². The molecule has 3 heteroatoms. The number of rotatable bonds is 16. The monoisotopic (exact) mass is 347 g/mol. The Kier molecular flexibility index (Phi) is 19.1. The molecule has 2 N–H and O–H groups in total. The van der Waals surface area contributed by atoms with Crippen LogP contribution in [0.2, 0.25) is 0 Å². The number of unbranched alkanes of at least 4 members (excludes halogenated alkanes) is 4. The fourth-order valence-electron chi connectivity index (χ4n) is 2.28. The third-order valence-corrected chi connectivity index (χ3v) is 3.68. The van der Waals surface area contributed by atoms with Crippen LogP contribution in [0.25, 0.3) is 0 Å². The number of allylic oxidation sites excluding steroid dienone is 8. The molecule has 0 rings (SSSR count). The lowest BCUT2D eigenvalue weighted by molar-refractivity contribution is -0.121. The zero-order valence-electron chi connectivity index (χ0n) is 16.0. The minimum absolute atomic E-state index is 0.0145. The van der Waals surface area contributed by atoms with Gasteiger partial charge in [-0.25, -0.2) is 0 Å². The summed E-state index contributed by atoms with van der Waals surface area (Å²) >= 11 is 0. The summed E-state index contributed by atoms with van der Waals surface area (Å²) in [5.74, 6) is 0.0491. The number of carbonyl (C=O) groups is 1. The second-order valence-electron chi connectivity index (χ2n) is 6.03. The lowest BCUT2D eigenvalue weighted by Crippen LogP contribution is -2.25. The van der Waals surface area contributed by atoms with E-state index in [2.05, 4.69) is 60.8 Å². The van der Waals surface area contributed by atoms with E-state index in [1.165, 1.54) is 12.8 Å². The van der Waals surface area contributed by atoms with Crippen molar-refractivity contribution in [3.63, 3.8) is 0 Å². The van der Waals surface area contributed by atoms with Crippen molar-refractivity contribution in [1.82, 2.24) is 5.32 Å². The van der Waals surface area contributed by atoms with E-state index in [0.29, 0.717) is 13.0 Å². The average Bonchev–Trinajstić information content (AvgIpc) is 2.62. The summed E-state index contributed by atoms with van der Waals surface area (Å²) < 4.78 is 0. The Labute approximate surface area is 154 Å². The zero-order valence-corrected chi connectivity index (χ0v) is 16.0. The van der Waals surface area contributed by atoms with Gasteiger partial charge >= 0.3 is 0 Å². The second-order valence-corrected chi connectivity index (χ2v) is 6.03. The van der Waals surface area contributed by atoms with Crippen LogP contribution in [0.3, 0.4) is 0 Å². The standard InChI is InChI=1S/C22H37NO2/c1-2-3-4-5-6-7-8-9-10-11-12-13-14-15-16-17-18-19-22(25)23-20-21-24/h3-4,6-7,9-10,12-13,24H,2,5,8,11,14-21H2,1H3,(H,23,25)/b4-3-,7-6-,10-9-,13-12-. The fraction of sp³-hybridized carbons (Fsp3) is 0.591. The van der Waals surface area contributed by atoms with Crippen molar-refractivity contribution in [3.8, 4) is 0 Å². The van der Waals surface area contributed by atoms with Crippen LogP contribution in [-0.2, 0) is 4.79 Å². The Morgan fingerprint density at radius 2 is 1.36 bits per heavy atom. The van der Waals surface area contributed by atoms with Crippen molar-refractivity contribution in [3.05, 3.63) is 48.6 Å². The predicted molar refractivity (Wildman–Crippen MR) is 108 cm³/mol. The largest absolute Gasteiger partial charge is 0.395 e. The molecule has 0 heterocycles. The van der Waals surface area contributed by atoms with Gasteiger partial charge in [-0.15, -0.1) is 0 Å². The molecule has 142 valence electrons. The molecule has 0 aromatic heterocycles. The lowest BCUT2D eigenvalue weighted by atomic mass is 10.1. The third-order valence-electron chi connectivity index (χ3n) is 3.68. The molecule has 0 fully saturated rings. The quantitative estimate of drug-likeness (QED) is 0.296. The van der Waals surface area contributed by atoms with E-state index < -0.39 is 0 Å². The molecule has 0 aliphatic rings.